The Hall–Kier alpha value is -1.33. The van der Waals surface area contributed by atoms with E-state index in [4.69, 9.17) is 9.15 Å². The molecule has 0 spiro atoms. The molecule has 0 saturated carbocycles. The fraction of sp³-hybridized carbons (Fsp3) is 0.643. The Labute approximate surface area is 113 Å². The lowest BCUT2D eigenvalue weighted by Crippen LogP contribution is -2.35. The second-order valence-corrected chi connectivity index (χ2v) is 4.99. The Morgan fingerprint density at radius 1 is 1.47 bits per heavy atom. The Bertz CT molecular complexity index is 423. The maximum absolute atomic E-state index is 11.3. The number of carbonyl (C=O) groups is 1. The molecule has 0 aromatic carbocycles. The molecule has 1 aromatic rings. The van der Waals surface area contributed by atoms with Crippen molar-refractivity contribution in [3.05, 3.63) is 23.7 Å². The molecule has 2 heterocycles. The van der Waals surface area contributed by atoms with Crippen LogP contribution in [0.1, 0.15) is 42.6 Å². The molecule has 106 valence electrons. The second kappa shape index (κ2) is 6.21. The summed E-state index contributed by atoms with van der Waals surface area (Å²) in [5.41, 5.74) is 0. The standard InChI is InChI=1S/C14H21NO4/c1-9(11-6-7-18-8-11)15-10(2)12-4-5-13(19-12)14(16)17-3/h4-5,9-11,15H,6-8H2,1-3H3. The summed E-state index contributed by atoms with van der Waals surface area (Å²) in [6.07, 6.45) is 1.09. The molecule has 2 rings (SSSR count). The highest BCUT2D eigenvalue weighted by molar-refractivity contribution is 5.86. The first-order chi connectivity index (χ1) is 9.11. The molecule has 1 saturated heterocycles. The Balaban J connectivity index is 1.93. The van der Waals surface area contributed by atoms with E-state index in [9.17, 15) is 4.79 Å². The van der Waals surface area contributed by atoms with Crippen LogP contribution in [-0.4, -0.2) is 32.3 Å². The zero-order valence-corrected chi connectivity index (χ0v) is 11.6. The number of methoxy groups -OCH3 is 1. The molecule has 5 heteroatoms. The van der Waals surface area contributed by atoms with Crippen molar-refractivity contribution in [2.75, 3.05) is 20.3 Å². The van der Waals surface area contributed by atoms with Crippen molar-refractivity contribution in [1.82, 2.24) is 5.32 Å². The molecule has 1 aromatic heterocycles. The van der Waals surface area contributed by atoms with Gasteiger partial charge in [-0.3, -0.25) is 0 Å². The van der Waals surface area contributed by atoms with Crippen molar-refractivity contribution < 1.29 is 18.7 Å². The summed E-state index contributed by atoms with van der Waals surface area (Å²) in [5, 5.41) is 3.48. The van der Waals surface area contributed by atoms with E-state index < -0.39 is 5.97 Å². The number of ether oxygens (including phenoxy) is 2. The molecular weight excluding hydrogens is 246 g/mol. The van der Waals surface area contributed by atoms with Crippen LogP contribution < -0.4 is 5.32 Å². The number of rotatable bonds is 5. The number of furan rings is 1. The largest absolute Gasteiger partial charge is 0.463 e. The van der Waals surface area contributed by atoms with Gasteiger partial charge in [0.1, 0.15) is 5.76 Å². The lowest BCUT2D eigenvalue weighted by molar-refractivity contribution is 0.0562. The summed E-state index contributed by atoms with van der Waals surface area (Å²) < 4.78 is 15.5. The van der Waals surface area contributed by atoms with E-state index in [2.05, 4.69) is 17.0 Å². The van der Waals surface area contributed by atoms with Gasteiger partial charge >= 0.3 is 5.97 Å². The van der Waals surface area contributed by atoms with Gasteiger partial charge in [0.25, 0.3) is 0 Å². The molecule has 0 amide bonds. The van der Waals surface area contributed by atoms with Crippen LogP contribution in [0.15, 0.2) is 16.5 Å². The van der Waals surface area contributed by atoms with Gasteiger partial charge < -0.3 is 19.2 Å². The van der Waals surface area contributed by atoms with Gasteiger partial charge in [0.05, 0.1) is 19.8 Å². The van der Waals surface area contributed by atoms with Crippen molar-refractivity contribution in [2.45, 2.75) is 32.4 Å². The second-order valence-electron chi connectivity index (χ2n) is 4.99. The predicted molar refractivity (Wildman–Crippen MR) is 70.0 cm³/mol. The van der Waals surface area contributed by atoms with Gasteiger partial charge in [-0.2, -0.15) is 0 Å². The quantitative estimate of drug-likeness (QED) is 0.828. The average molecular weight is 267 g/mol. The van der Waals surface area contributed by atoms with Crippen LogP contribution in [0.4, 0.5) is 0 Å². The molecular formula is C14H21NO4. The Kier molecular flexibility index (Phi) is 4.61. The molecule has 5 nitrogen and oxygen atoms in total. The summed E-state index contributed by atoms with van der Waals surface area (Å²) in [5.74, 6) is 1.07. The maximum Gasteiger partial charge on any atom is 0.373 e. The van der Waals surface area contributed by atoms with Gasteiger partial charge in [0.15, 0.2) is 0 Å². The third kappa shape index (κ3) is 3.36. The molecule has 3 unspecified atom stereocenters. The molecule has 1 aliphatic rings. The van der Waals surface area contributed by atoms with Gasteiger partial charge in [0.2, 0.25) is 5.76 Å². The van der Waals surface area contributed by atoms with Gasteiger partial charge in [-0.25, -0.2) is 4.79 Å². The lowest BCUT2D eigenvalue weighted by atomic mass is 10.00. The predicted octanol–water partition coefficient (Wildman–Crippen LogP) is 2.14. The molecule has 1 N–H and O–H groups in total. The summed E-state index contributed by atoms with van der Waals surface area (Å²) in [4.78, 5) is 11.3. The summed E-state index contributed by atoms with van der Waals surface area (Å²) in [7, 11) is 1.34. The molecule has 0 bridgehead atoms. The summed E-state index contributed by atoms with van der Waals surface area (Å²) in [6.45, 7) is 5.83. The minimum Gasteiger partial charge on any atom is -0.463 e. The van der Waals surface area contributed by atoms with Gasteiger partial charge in [-0.15, -0.1) is 0 Å². The van der Waals surface area contributed by atoms with Crippen molar-refractivity contribution in [1.29, 1.82) is 0 Å². The minimum atomic E-state index is -0.448. The Morgan fingerprint density at radius 2 is 2.26 bits per heavy atom. The molecule has 1 fully saturated rings. The van der Waals surface area contributed by atoms with E-state index >= 15 is 0 Å². The first kappa shape index (κ1) is 14.1. The number of carbonyl (C=O) groups excluding carboxylic acids is 1. The van der Waals surface area contributed by atoms with E-state index in [0.29, 0.717) is 12.0 Å². The van der Waals surface area contributed by atoms with Gasteiger partial charge in [-0.05, 0) is 38.3 Å². The first-order valence-electron chi connectivity index (χ1n) is 6.63. The van der Waals surface area contributed by atoms with Crippen LogP contribution in [0.2, 0.25) is 0 Å². The van der Waals surface area contributed by atoms with Crippen LogP contribution >= 0.6 is 0 Å². The van der Waals surface area contributed by atoms with Crippen LogP contribution in [0.3, 0.4) is 0 Å². The van der Waals surface area contributed by atoms with E-state index in [1.54, 1.807) is 6.07 Å². The van der Waals surface area contributed by atoms with Crippen LogP contribution in [0.5, 0.6) is 0 Å². The lowest BCUT2D eigenvalue weighted by Gasteiger charge is -2.22. The highest BCUT2D eigenvalue weighted by Crippen LogP contribution is 2.21. The molecule has 19 heavy (non-hydrogen) atoms. The Morgan fingerprint density at radius 3 is 2.89 bits per heavy atom. The summed E-state index contributed by atoms with van der Waals surface area (Å²) >= 11 is 0. The third-order valence-corrected chi connectivity index (χ3v) is 3.63. The first-order valence-corrected chi connectivity index (χ1v) is 6.63. The van der Waals surface area contributed by atoms with Crippen LogP contribution in [0, 0.1) is 5.92 Å². The molecule has 0 radical (unpaired) electrons. The van der Waals surface area contributed by atoms with E-state index in [-0.39, 0.29) is 11.8 Å². The maximum atomic E-state index is 11.3. The molecule has 0 aliphatic carbocycles. The average Bonchev–Trinajstić information content (AvgIpc) is 3.08. The highest BCUT2D eigenvalue weighted by Gasteiger charge is 2.24. The van der Waals surface area contributed by atoms with Gasteiger partial charge in [0, 0.05) is 12.6 Å². The zero-order valence-electron chi connectivity index (χ0n) is 11.6. The van der Waals surface area contributed by atoms with Crippen LogP contribution in [0.25, 0.3) is 0 Å². The van der Waals surface area contributed by atoms with Crippen molar-refractivity contribution >= 4 is 5.97 Å². The van der Waals surface area contributed by atoms with Crippen molar-refractivity contribution in [2.24, 2.45) is 5.92 Å². The smallest absolute Gasteiger partial charge is 0.373 e. The minimum absolute atomic E-state index is 0.0500. The number of esters is 1. The topological polar surface area (TPSA) is 60.7 Å². The van der Waals surface area contributed by atoms with E-state index in [1.165, 1.54) is 7.11 Å². The van der Waals surface area contributed by atoms with Crippen molar-refractivity contribution in [3.63, 3.8) is 0 Å². The number of hydrogen-bond acceptors (Lipinski definition) is 5. The van der Waals surface area contributed by atoms with Gasteiger partial charge in [-0.1, -0.05) is 0 Å². The fourth-order valence-electron chi connectivity index (χ4n) is 2.36. The summed E-state index contributed by atoms with van der Waals surface area (Å²) in [6, 6.07) is 3.85. The van der Waals surface area contributed by atoms with E-state index in [1.807, 2.05) is 13.0 Å². The highest BCUT2D eigenvalue weighted by atomic mass is 16.5. The normalized spacial score (nSPS) is 22.2. The zero-order chi connectivity index (χ0) is 13.8. The molecule has 3 atom stereocenters. The van der Waals surface area contributed by atoms with E-state index in [0.717, 1.165) is 25.4 Å². The molecule has 1 aliphatic heterocycles. The van der Waals surface area contributed by atoms with Crippen molar-refractivity contribution in [3.8, 4) is 0 Å². The van der Waals surface area contributed by atoms with Crippen LogP contribution in [-0.2, 0) is 9.47 Å². The fourth-order valence-corrected chi connectivity index (χ4v) is 2.36. The number of nitrogens with one attached hydrogen (secondary N) is 1. The third-order valence-electron chi connectivity index (χ3n) is 3.63. The monoisotopic (exact) mass is 267 g/mol. The SMILES string of the molecule is COC(=O)c1ccc(C(C)NC(C)C2CCOC2)o1. The number of hydrogen-bond donors (Lipinski definition) is 1.